The van der Waals surface area contributed by atoms with Gasteiger partial charge < -0.3 is 15.5 Å². The van der Waals surface area contributed by atoms with Crippen LogP contribution < -0.4 is 10.6 Å². The van der Waals surface area contributed by atoms with Crippen LogP contribution in [0.4, 0.5) is 16.4 Å². The highest BCUT2D eigenvalue weighted by Gasteiger charge is 2.14. The molecule has 0 aliphatic carbocycles. The van der Waals surface area contributed by atoms with Gasteiger partial charge in [0.15, 0.2) is 5.82 Å². The summed E-state index contributed by atoms with van der Waals surface area (Å²) in [6.07, 6.45) is -1.19. The number of aryl methyl sites for hydroxylation is 1. The Hall–Kier alpha value is -3.42. The molecule has 0 radical (unpaired) electrons. The van der Waals surface area contributed by atoms with Crippen molar-refractivity contribution in [3.05, 3.63) is 36.0 Å². The van der Waals surface area contributed by atoms with Crippen LogP contribution in [0.25, 0.3) is 22.3 Å². The van der Waals surface area contributed by atoms with Crippen molar-refractivity contribution >= 4 is 28.8 Å². The standard InChI is InChI=1S/C17H17N5O3/c1-3-18-16-15-12(8-13(20-16)21-17(24)25)19-9(2)14(22-15)10-4-6-11(23)7-5-10/h4-8,23H,3H2,1-2H3,(H,24,25)(H2,18,20,21). The highest BCUT2D eigenvalue weighted by Crippen LogP contribution is 2.28. The van der Waals surface area contributed by atoms with Crippen molar-refractivity contribution in [3.8, 4) is 17.0 Å². The Kier molecular flexibility index (Phi) is 4.34. The molecule has 0 bridgehead atoms. The maximum Gasteiger partial charge on any atom is 0.410 e. The van der Waals surface area contributed by atoms with Crippen LogP contribution in [0.15, 0.2) is 30.3 Å². The van der Waals surface area contributed by atoms with Crippen LogP contribution in [0.1, 0.15) is 12.6 Å². The molecule has 0 fully saturated rings. The number of nitrogens with one attached hydrogen (secondary N) is 2. The maximum absolute atomic E-state index is 10.9. The molecule has 2 heterocycles. The number of hydrogen-bond donors (Lipinski definition) is 4. The van der Waals surface area contributed by atoms with Crippen molar-refractivity contribution in [2.24, 2.45) is 0 Å². The van der Waals surface area contributed by atoms with Gasteiger partial charge in [-0.15, -0.1) is 0 Å². The molecule has 0 aliphatic rings. The number of carboxylic acid groups (broad SMARTS) is 1. The third kappa shape index (κ3) is 3.42. The van der Waals surface area contributed by atoms with E-state index in [1.807, 2.05) is 13.8 Å². The molecular formula is C17H17N5O3. The summed E-state index contributed by atoms with van der Waals surface area (Å²) < 4.78 is 0. The summed E-state index contributed by atoms with van der Waals surface area (Å²) in [4.78, 5) is 24.4. The summed E-state index contributed by atoms with van der Waals surface area (Å²) in [5.41, 5.74) is 3.27. The van der Waals surface area contributed by atoms with Crippen molar-refractivity contribution < 1.29 is 15.0 Å². The minimum absolute atomic E-state index is 0.176. The van der Waals surface area contributed by atoms with E-state index in [-0.39, 0.29) is 11.6 Å². The number of hydrogen-bond acceptors (Lipinski definition) is 6. The minimum Gasteiger partial charge on any atom is -0.508 e. The van der Waals surface area contributed by atoms with Gasteiger partial charge in [-0.05, 0) is 38.1 Å². The average molecular weight is 339 g/mol. The number of phenolic OH excluding ortho intramolecular Hbond substituents is 1. The van der Waals surface area contributed by atoms with Crippen LogP contribution in [-0.2, 0) is 0 Å². The normalized spacial score (nSPS) is 10.6. The second-order valence-corrected chi connectivity index (χ2v) is 5.39. The van der Waals surface area contributed by atoms with Gasteiger partial charge in [-0.2, -0.15) is 0 Å². The molecule has 4 N–H and O–H groups in total. The monoisotopic (exact) mass is 339 g/mol. The Labute approximate surface area is 143 Å². The average Bonchev–Trinajstić information content (AvgIpc) is 2.55. The van der Waals surface area contributed by atoms with Crippen LogP contribution in [0.2, 0.25) is 0 Å². The smallest absolute Gasteiger partial charge is 0.410 e. The molecule has 0 spiro atoms. The van der Waals surface area contributed by atoms with Gasteiger partial charge in [-0.1, -0.05) is 0 Å². The number of anilines is 2. The van der Waals surface area contributed by atoms with E-state index in [0.717, 1.165) is 5.56 Å². The number of carbonyl (C=O) groups is 1. The maximum atomic E-state index is 10.9. The number of aromatic hydroxyl groups is 1. The molecule has 0 atom stereocenters. The molecule has 0 unspecified atom stereocenters. The van der Waals surface area contributed by atoms with E-state index < -0.39 is 6.09 Å². The highest BCUT2D eigenvalue weighted by molar-refractivity contribution is 5.92. The third-order valence-corrected chi connectivity index (χ3v) is 3.55. The molecule has 3 aromatic rings. The van der Waals surface area contributed by atoms with Gasteiger partial charge in [0.25, 0.3) is 0 Å². The van der Waals surface area contributed by atoms with E-state index in [1.165, 1.54) is 0 Å². The van der Waals surface area contributed by atoms with Gasteiger partial charge in [0, 0.05) is 18.2 Å². The van der Waals surface area contributed by atoms with Crippen LogP contribution in [0.3, 0.4) is 0 Å². The van der Waals surface area contributed by atoms with Gasteiger partial charge >= 0.3 is 6.09 Å². The molecule has 0 saturated carbocycles. The predicted molar refractivity (Wildman–Crippen MR) is 95.0 cm³/mol. The second kappa shape index (κ2) is 6.60. The first-order chi connectivity index (χ1) is 12.0. The van der Waals surface area contributed by atoms with E-state index in [1.54, 1.807) is 30.3 Å². The lowest BCUT2D eigenvalue weighted by atomic mass is 10.1. The summed E-state index contributed by atoms with van der Waals surface area (Å²) in [7, 11) is 0. The number of rotatable bonds is 4. The van der Waals surface area contributed by atoms with Gasteiger partial charge in [0.05, 0.1) is 16.9 Å². The molecule has 1 amide bonds. The number of nitrogens with zero attached hydrogens (tertiary/aromatic N) is 3. The van der Waals surface area contributed by atoms with Crippen molar-refractivity contribution in [1.82, 2.24) is 15.0 Å². The quantitative estimate of drug-likeness (QED) is 0.576. The fourth-order valence-corrected chi connectivity index (χ4v) is 2.50. The van der Waals surface area contributed by atoms with Crippen LogP contribution in [0, 0.1) is 6.92 Å². The van der Waals surface area contributed by atoms with Crippen LogP contribution >= 0.6 is 0 Å². The first-order valence-corrected chi connectivity index (χ1v) is 7.70. The van der Waals surface area contributed by atoms with Gasteiger partial charge in [0.2, 0.25) is 0 Å². The first-order valence-electron chi connectivity index (χ1n) is 7.70. The highest BCUT2D eigenvalue weighted by atomic mass is 16.4. The first kappa shape index (κ1) is 16.4. The number of amides is 1. The Balaban J connectivity index is 2.19. The lowest BCUT2D eigenvalue weighted by Crippen LogP contribution is -2.11. The number of pyridine rings is 1. The SMILES string of the molecule is CCNc1nc(NC(=O)O)cc2nc(C)c(-c3ccc(O)cc3)nc12. The fraction of sp³-hybridized carbons (Fsp3) is 0.176. The van der Waals surface area contributed by atoms with E-state index in [4.69, 9.17) is 5.11 Å². The molecule has 0 saturated heterocycles. The van der Waals surface area contributed by atoms with Crippen molar-refractivity contribution in [2.45, 2.75) is 13.8 Å². The molecule has 128 valence electrons. The summed E-state index contributed by atoms with van der Waals surface area (Å²) in [6, 6.07) is 8.25. The van der Waals surface area contributed by atoms with E-state index in [9.17, 15) is 9.90 Å². The Morgan fingerprint density at radius 2 is 1.88 bits per heavy atom. The van der Waals surface area contributed by atoms with Gasteiger partial charge in [0.1, 0.15) is 17.1 Å². The lowest BCUT2D eigenvalue weighted by molar-refractivity contribution is 0.209. The second-order valence-electron chi connectivity index (χ2n) is 5.39. The van der Waals surface area contributed by atoms with Gasteiger partial charge in [-0.25, -0.2) is 19.7 Å². The van der Waals surface area contributed by atoms with E-state index in [0.29, 0.717) is 34.8 Å². The van der Waals surface area contributed by atoms with Crippen LogP contribution in [0.5, 0.6) is 5.75 Å². The number of fused-ring (bicyclic) bond motifs is 1. The van der Waals surface area contributed by atoms with E-state index in [2.05, 4.69) is 25.6 Å². The summed E-state index contributed by atoms with van der Waals surface area (Å²) >= 11 is 0. The Morgan fingerprint density at radius 1 is 1.16 bits per heavy atom. The van der Waals surface area contributed by atoms with Crippen LogP contribution in [-0.4, -0.2) is 37.8 Å². The zero-order valence-electron chi connectivity index (χ0n) is 13.7. The van der Waals surface area contributed by atoms with Crippen molar-refractivity contribution in [1.29, 1.82) is 0 Å². The summed E-state index contributed by atoms with van der Waals surface area (Å²) in [5, 5.41) is 23.7. The molecular weight excluding hydrogens is 322 g/mol. The van der Waals surface area contributed by atoms with Crippen molar-refractivity contribution in [2.75, 3.05) is 17.2 Å². The predicted octanol–water partition coefficient (Wildman–Crippen LogP) is 3.23. The number of phenols is 1. The molecule has 3 rings (SSSR count). The lowest BCUT2D eigenvalue weighted by Gasteiger charge is -2.12. The van der Waals surface area contributed by atoms with Crippen molar-refractivity contribution in [3.63, 3.8) is 0 Å². The molecule has 25 heavy (non-hydrogen) atoms. The summed E-state index contributed by atoms with van der Waals surface area (Å²) in [5.74, 6) is 0.813. The molecule has 8 heteroatoms. The number of benzene rings is 1. The van der Waals surface area contributed by atoms with E-state index >= 15 is 0 Å². The molecule has 2 aromatic heterocycles. The molecule has 8 nitrogen and oxygen atoms in total. The summed E-state index contributed by atoms with van der Waals surface area (Å²) in [6.45, 7) is 4.34. The minimum atomic E-state index is -1.19. The molecule has 1 aromatic carbocycles. The Bertz CT molecular complexity index is 941. The third-order valence-electron chi connectivity index (χ3n) is 3.55. The fourth-order valence-electron chi connectivity index (χ4n) is 2.50. The zero-order valence-corrected chi connectivity index (χ0v) is 13.7. The van der Waals surface area contributed by atoms with Gasteiger partial charge in [-0.3, -0.25) is 5.32 Å². The largest absolute Gasteiger partial charge is 0.508 e. The Morgan fingerprint density at radius 3 is 2.52 bits per heavy atom. The molecule has 0 aliphatic heterocycles. The number of aromatic nitrogens is 3. The zero-order chi connectivity index (χ0) is 18.0. The topological polar surface area (TPSA) is 120 Å².